The number of anilines is 1. The van der Waals surface area contributed by atoms with Crippen molar-refractivity contribution >= 4 is 33.4 Å². The molecule has 0 bridgehead atoms. The van der Waals surface area contributed by atoms with Gasteiger partial charge in [0.2, 0.25) is 5.91 Å². The van der Waals surface area contributed by atoms with Gasteiger partial charge in [-0.3, -0.25) is 9.59 Å². The second-order valence-corrected chi connectivity index (χ2v) is 6.23. The van der Waals surface area contributed by atoms with Crippen LogP contribution in [0.15, 0.2) is 22.7 Å². The number of rotatable bonds is 1. The van der Waals surface area contributed by atoms with Crippen LogP contribution in [0, 0.1) is 6.92 Å². The van der Waals surface area contributed by atoms with Crippen LogP contribution >= 0.6 is 15.9 Å². The molecule has 0 aliphatic carbocycles. The van der Waals surface area contributed by atoms with E-state index in [-0.39, 0.29) is 11.8 Å². The maximum atomic E-state index is 12.5. The lowest BCUT2D eigenvalue weighted by molar-refractivity contribution is -0.128. The van der Waals surface area contributed by atoms with E-state index in [0.29, 0.717) is 13.0 Å². The molecule has 0 aromatic heterocycles. The molecule has 102 valence electrons. The minimum Gasteiger partial charge on any atom is -0.342 e. The Balaban J connectivity index is 2.42. The first-order valence-electron chi connectivity index (χ1n) is 6.20. The zero-order chi connectivity index (χ0) is 14.2. The molecule has 0 radical (unpaired) electrons. The lowest BCUT2D eigenvalue weighted by atomic mass is 10.0. The van der Waals surface area contributed by atoms with Gasteiger partial charge in [-0.05, 0) is 44.5 Å². The van der Waals surface area contributed by atoms with Crippen LogP contribution in [-0.2, 0) is 9.59 Å². The van der Waals surface area contributed by atoms with Crippen LogP contribution in [-0.4, -0.2) is 23.9 Å². The van der Waals surface area contributed by atoms with Crippen LogP contribution in [0.25, 0.3) is 0 Å². The van der Waals surface area contributed by atoms with Crippen molar-refractivity contribution in [3.05, 3.63) is 28.2 Å². The number of aryl methyl sites for hydroxylation is 1. The number of halogens is 1. The summed E-state index contributed by atoms with van der Waals surface area (Å²) in [6, 6.07) is 5.78. The number of hydrogen-bond donors (Lipinski definition) is 1. The van der Waals surface area contributed by atoms with E-state index in [1.54, 1.807) is 18.7 Å². The SMILES string of the molecule is Cc1cc(Br)ccc1N1CCC(=O)NC(C)(C)C1=O. The van der Waals surface area contributed by atoms with E-state index in [9.17, 15) is 9.59 Å². The molecule has 0 spiro atoms. The zero-order valence-electron chi connectivity index (χ0n) is 11.3. The largest absolute Gasteiger partial charge is 0.342 e. The summed E-state index contributed by atoms with van der Waals surface area (Å²) < 4.78 is 0.976. The summed E-state index contributed by atoms with van der Waals surface area (Å²) in [5.41, 5.74) is 0.998. The molecular weight excluding hydrogens is 308 g/mol. The van der Waals surface area contributed by atoms with Gasteiger partial charge in [-0.2, -0.15) is 0 Å². The van der Waals surface area contributed by atoms with Gasteiger partial charge in [0.15, 0.2) is 0 Å². The summed E-state index contributed by atoms with van der Waals surface area (Å²) >= 11 is 3.41. The molecule has 2 rings (SSSR count). The second-order valence-electron chi connectivity index (χ2n) is 5.31. The predicted octanol–water partition coefficient (Wildman–Crippen LogP) is 2.39. The highest BCUT2D eigenvalue weighted by atomic mass is 79.9. The maximum absolute atomic E-state index is 12.5. The number of hydrogen-bond acceptors (Lipinski definition) is 2. The first-order valence-corrected chi connectivity index (χ1v) is 7.00. The summed E-state index contributed by atoms with van der Waals surface area (Å²) in [6.07, 6.45) is 0.324. The first-order chi connectivity index (χ1) is 8.81. The molecule has 1 fully saturated rings. The topological polar surface area (TPSA) is 49.4 Å². The Morgan fingerprint density at radius 1 is 1.32 bits per heavy atom. The molecule has 5 heteroatoms. The molecule has 0 saturated carbocycles. The molecule has 0 unspecified atom stereocenters. The smallest absolute Gasteiger partial charge is 0.252 e. The van der Waals surface area contributed by atoms with E-state index in [0.717, 1.165) is 15.7 Å². The Hall–Kier alpha value is -1.36. The van der Waals surface area contributed by atoms with Crippen molar-refractivity contribution in [3.63, 3.8) is 0 Å². The quantitative estimate of drug-likeness (QED) is 0.862. The summed E-state index contributed by atoms with van der Waals surface area (Å²) in [5.74, 6) is -0.167. The van der Waals surface area contributed by atoms with Gasteiger partial charge in [0.05, 0.1) is 0 Å². The van der Waals surface area contributed by atoms with Crippen molar-refractivity contribution < 1.29 is 9.59 Å². The number of amides is 2. The van der Waals surface area contributed by atoms with Gasteiger partial charge in [-0.1, -0.05) is 15.9 Å². The number of carbonyl (C=O) groups excluding carboxylic acids is 2. The number of benzene rings is 1. The molecule has 0 atom stereocenters. The standard InChI is InChI=1S/C14H17BrN2O2/c1-9-8-10(15)4-5-11(9)17-7-6-12(18)16-14(2,3)13(17)19/h4-5,8H,6-7H2,1-3H3,(H,16,18). The van der Waals surface area contributed by atoms with Gasteiger partial charge in [-0.25, -0.2) is 0 Å². The highest BCUT2D eigenvalue weighted by Crippen LogP contribution is 2.27. The fraction of sp³-hybridized carbons (Fsp3) is 0.429. The Kier molecular flexibility index (Phi) is 3.67. The number of nitrogens with one attached hydrogen (secondary N) is 1. The van der Waals surface area contributed by atoms with Crippen LogP contribution in [0.3, 0.4) is 0 Å². The third-order valence-corrected chi connectivity index (χ3v) is 3.74. The molecule has 1 heterocycles. The number of carbonyl (C=O) groups is 2. The van der Waals surface area contributed by atoms with E-state index < -0.39 is 5.54 Å². The molecular formula is C14H17BrN2O2. The average Bonchev–Trinajstić information content (AvgIpc) is 2.38. The third kappa shape index (κ3) is 2.81. The summed E-state index contributed by atoms with van der Waals surface area (Å²) in [5, 5.41) is 2.76. The van der Waals surface area contributed by atoms with Crippen LogP contribution < -0.4 is 10.2 Å². The predicted molar refractivity (Wildman–Crippen MR) is 78.1 cm³/mol. The normalized spacial score (nSPS) is 19.1. The van der Waals surface area contributed by atoms with E-state index in [1.165, 1.54) is 0 Å². The molecule has 1 aliphatic heterocycles. The summed E-state index contributed by atoms with van der Waals surface area (Å²) in [4.78, 5) is 25.9. The minimum absolute atomic E-state index is 0.0798. The lowest BCUT2D eigenvalue weighted by Crippen LogP contribution is -2.53. The molecule has 1 aliphatic rings. The van der Waals surface area contributed by atoms with Gasteiger partial charge < -0.3 is 10.2 Å². The molecule has 19 heavy (non-hydrogen) atoms. The van der Waals surface area contributed by atoms with Gasteiger partial charge >= 0.3 is 0 Å². The molecule has 1 N–H and O–H groups in total. The summed E-state index contributed by atoms with van der Waals surface area (Å²) in [6.45, 7) is 5.84. The van der Waals surface area contributed by atoms with Gasteiger partial charge in [0.25, 0.3) is 5.91 Å². The van der Waals surface area contributed by atoms with Crippen molar-refractivity contribution in [3.8, 4) is 0 Å². The van der Waals surface area contributed by atoms with Gasteiger partial charge in [0.1, 0.15) is 5.54 Å². The van der Waals surface area contributed by atoms with Crippen LogP contribution in [0.2, 0.25) is 0 Å². The molecule has 1 aromatic carbocycles. The van der Waals surface area contributed by atoms with Crippen molar-refractivity contribution in [2.45, 2.75) is 32.7 Å². The zero-order valence-corrected chi connectivity index (χ0v) is 12.9. The third-order valence-electron chi connectivity index (χ3n) is 3.24. The van der Waals surface area contributed by atoms with Crippen LogP contribution in [0.1, 0.15) is 25.8 Å². The average molecular weight is 325 g/mol. The maximum Gasteiger partial charge on any atom is 0.252 e. The molecule has 1 saturated heterocycles. The van der Waals surface area contributed by atoms with Gasteiger partial charge in [-0.15, -0.1) is 0 Å². The second kappa shape index (κ2) is 4.96. The van der Waals surface area contributed by atoms with Gasteiger partial charge in [0, 0.05) is 23.1 Å². The van der Waals surface area contributed by atoms with E-state index >= 15 is 0 Å². The van der Waals surface area contributed by atoms with E-state index in [2.05, 4.69) is 21.2 Å². The van der Waals surface area contributed by atoms with E-state index in [4.69, 9.17) is 0 Å². The van der Waals surface area contributed by atoms with Crippen molar-refractivity contribution in [1.82, 2.24) is 5.32 Å². The summed E-state index contributed by atoms with van der Waals surface area (Å²) in [7, 11) is 0. The highest BCUT2D eigenvalue weighted by Gasteiger charge is 2.37. The Morgan fingerprint density at radius 3 is 2.63 bits per heavy atom. The van der Waals surface area contributed by atoms with E-state index in [1.807, 2.05) is 25.1 Å². The number of nitrogens with zero attached hydrogens (tertiary/aromatic N) is 1. The lowest BCUT2D eigenvalue weighted by Gasteiger charge is -2.29. The van der Waals surface area contributed by atoms with Crippen molar-refractivity contribution in [2.75, 3.05) is 11.4 Å². The monoisotopic (exact) mass is 324 g/mol. The molecule has 4 nitrogen and oxygen atoms in total. The van der Waals surface area contributed by atoms with Crippen molar-refractivity contribution in [2.24, 2.45) is 0 Å². The Labute approximate surface area is 121 Å². The first kappa shape index (κ1) is 14.1. The minimum atomic E-state index is -0.868. The fourth-order valence-corrected chi connectivity index (χ4v) is 2.74. The van der Waals surface area contributed by atoms with Crippen molar-refractivity contribution in [1.29, 1.82) is 0 Å². The Morgan fingerprint density at radius 2 is 2.00 bits per heavy atom. The van der Waals surface area contributed by atoms with Crippen LogP contribution in [0.4, 0.5) is 5.69 Å². The molecule has 1 aromatic rings. The Bertz CT molecular complexity index is 540. The molecule has 2 amide bonds. The van der Waals surface area contributed by atoms with Crippen LogP contribution in [0.5, 0.6) is 0 Å². The fourth-order valence-electron chi connectivity index (χ4n) is 2.27. The highest BCUT2D eigenvalue weighted by molar-refractivity contribution is 9.10.